The second-order valence-electron chi connectivity index (χ2n) is 4.12. The van der Waals surface area contributed by atoms with Crippen LogP contribution in [0.15, 0.2) is 34.7 Å². The summed E-state index contributed by atoms with van der Waals surface area (Å²) in [6.07, 6.45) is 0. The molecule has 0 aliphatic carbocycles. The Hall–Kier alpha value is -2.30. The predicted molar refractivity (Wildman–Crippen MR) is 68.6 cm³/mol. The highest BCUT2D eigenvalue weighted by molar-refractivity contribution is 5.56. The molecule has 1 aromatic carbocycles. The van der Waals surface area contributed by atoms with Gasteiger partial charge in [-0.15, -0.1) is 0 Å². The maximum Gasteiger partial charge on any atom is 0.271 e. The van der Waals surface area contributed by atoms with Crippen LogP contribution in [0, 0.1) is 24.0 Å². The maximum absolute atomic E-state index is 10.7. The maximum atomic E-state index is 10.7. The van der Waals surface area contributed by atoms with Crippen molar-refractivity contribution in [3.8, 4) is 0 Å². The number of aryl methyl sites for hydroxylation is 2. The summed E-state index contributed by atoms with van der Waals surface area (Å²) in [6, 6.07) is 8.53. The summed E-state index contributed by atoms with van der Waals surface area (Å²) in [5.74, 6) is 1.65. The van der Waals surface area contributed by atoms with E-state index in [2.05, 4.69) is 5.32 Å². The number of anilines is 1. The van der Waals surface area contributed by atoms with E-state index >= 15 is 0 Å². The molecule has 0 atom stereocenters. The third kappa shape index (κ3) is 2.68. The summed E-state index contributed by atoms with van der Waals surface area (Å²) in [7, 11) is 0. The first-order valence-corrected chi connectivity index (χ1v) is 5.60. The van der Waals surface area contributed by atoms with E-state index in [1.54, 1.807) is 6.07 Å². The molecule has 0 aliphatic rings. The quantitative estimate of drug-likeness (QED) is 0.663. The van der Waals surface area contributed by atoms with Gasteiger partial charge in [0.2, 0.25) is 0 Å². The SMILES string of the molecule is Cc1ccc(CNc2cc([N+](=O)[O-])ccc2C)o1. The van der Waals surface area contributed by atoms with Crippen LogP contribution in [0.1, 0.15) is 17.1 Å². The van der Waals surface area contributed by atoms with Gasteiger partial charge in [0, 0.05) is 17.8 Å². The van der Waals surface area contributed by atoms with Gasteiger partial charge in [0.1, 0.15) is 11.5 Å². The van der Waals surface area contributed by atoms with Crippen molar-refractivity contribution >= 4 is 11.4 Å². The van der Waals surface area contributed by atoms with Crippen LogP contribution in [-0.4, -0.2) is 4.92 Å². The van der Waals surface area contributed by atoms with Crippen LogP contribution < -0.4 is 5.32 Å². The number of hydrogen-bond acceptors (Lipinski definition) is 4. The number of furan rings is 1. The molecule has 1 heterocycles. The Balaban J connectivity index is 2.13. The number of nitrogens with zero attached hydrogens (tertiary/aromatic N) is 1. The highest BCUT2D eigenvalue weighted by atomic mass is 16.6. The summed E-state index contributed by atoms with van der Waals surface area (Å²) >= 11 is 0. The third-order valence-electron chi connectivity index (χ3n) is 2.68. The van der Waals surface area contributed by atoms with Gasteiger partial charge in [0.25, 0.3) is 5.69 Å². The fraction of sp³-hybridized carbons (Fsp3) is 0.231. The number of nitro groups is 1. The summed E-state index contributed by atoms with van der Waals surface area (Å²) in [5.41, 5.74) is 1.79. The second kappa shape index (κ2) is 4.91. The molecule has 0 saturated carbocycles. The zero-order valence-corrected chi connectivity index (χ0v) is 10.3. The van der Waals surface area contributed by atoms with E-state index in [4.69, 9.17) is 4.42 Å². The third-order valence-corrected chi connectivity index (χ3v) is 2.68. The fourth-order valence-electron chi connectivity index (χ4n) is 1.68. The van der Waals surface area contributed by atoms with Crippen LogP contribution in [0.2, 0.25) is 0 Å². The van der Waals surface area contributed by atoms with Crippen molar-refractivity contribution < 1.29 is 9.34 Å². The van der Waals surface area contributed by atoms with Gasteiger partial charge in [-0.25, -0.2) is 0 Å². The minimum atomic E-state index is -0.401. The van der Waals surface area contributed by atoms with E-state index in [1.807, 2.05) is 26.0 Å². The molecule has 0 aliphatic heterocycles. The minimum absolute atomic E-state index is 0.0822. The highest BCUT2D eigenvalue weighted by Crippen LogP contribution is 2.22. The van der Waals surface area contributed by atoms with Crippen LogP contribution in [-0.2, 0) is 6.54 Å². The predicted octanol–water partition coefficient (Wildman–Crippen LogP) is 3.42. The Morgan fingerprint density at radius 3 is 2.67 bits per heavy atom. The van der Waals surface area contributed by atoms with Gasteiger partial charge in [-0.05, 0) is 31.5 Å². The summed E-state index contributed by atoms with van der Waals surface area (Å²) in [5, 5.41) is 13.8. The Bertz CT molecular complexity index is 575. The van der Waals surface area contributed by atoms with Crippen molar-refractivity contribution in [3.63, 3.8) is 0 Å². The molecule has 0 fully saturated rings. The lowest BCUT2D eigenvalue weighted by atomic mass is 10.2. The lowest BCUT2D eigenvalue weighted by Gasteiger charge is -2.07. The molecule has 18 heavy (non-hydrogen) atoms. The van der Waals surface area contributed by atoms with Crippen LogP contribution >= 0.6 is 0 Å². The molecule has 0 saturated heterocycles. The summed E-state index contributed by atoms with van der Waals surface area (Å²) in [6.45, 7) is 4.29. The van der Waals surface area contributed by atoms with E-state index in [1.165, 1.54) is 12.1 Å². The van der Waals surface area contributed by atoms with Crippen molar-refractivity contribution in [1.29, 1.82) is 0 Å². The minimum Gasteiger partial charge on any atom is -0.465 e. The van der Waals surface area contributed by atoms with Crippen molar-refractivity contribution in [1.82, 2.24) is 0 Å². The molecule has 0 spiro atoms. The van der Waals surface area contributed by atoms with Gasteiger partial charge >= 0.3 is 0 Å². The van der Waals surface area contributed by atoms with E-state index in [0.717, 1.165) is 22.8 Å². The van der Waals surface area contributed by atoms with Gasteiger partial charge in [-0.2, -0.15) is 0 Å². The first-order valence-electron chi connectivity index (χ1n) is 5.60. The van der Waals surface area contributed by atoms with E-state index in [9.17, 15) is 10.1 Å². The number of non-ortho nitro benzene ring substituents is 1. The van der Waals surface area contributed by atoms with Crippen LogP contribution in [0.4, 0.5) is 11.4 Å². The molecule has 0 amide bonds. The van der Waals surface area contributed by atoms with E-state index < -0.39 is 4.92 Å². The smallest absolute Gasteiger partial charge is 0.271 e. The van der Waals surface area contributed by atoms with Crippen LogP contribution in [0.25, 0.3) is 0 Å². The van der Waals surface area contributed by atoms with Crippen LogP contribution in [0.3, 0.4) is 0 Å². The number of hydrogen-bond donors (Lipinski definition) is 1. The zero-order chi connectivity index (χ0) is 13.1. The Kier molecular flexibility index (Phi) is 3.32. The molecular weight excluding hydrogens is 232 g/mol. The molecule has 2 aromatic rings. The first kappa shape index (κ1) is 12.2. The molecule has 1 aromatic heterocycles. The molecule has 5 heteroatoms. The standard InChI is InChI=1S/C13H14N2O3/c1-9-3-5-11(15(16)17)7-13(9)14-8-12-6-4-10(2)18-12/h3-7,14H,8H2,1-2H3. The molecule has 0 radical (unpaired) electrons. The number of benzene rings is 1. The number of nitrogens with one attached hydrogen (secondary N) is 1. The van der Waals surface area contributed by atoms with Gasteiger partial charge in [0.15, 0.2) is 0 Å². The van der Waals surface area contributed by atoms with Gasteiger partial charge in [-0.3, -0.25) is 10.1 Å². The lowest BCUT2D eigenvalue weighted by molar-refractivity contribution is -0.384. The van der Waals surface area contributed by atoms with E-state index in [0.29, 0.717) is 6.54 Å². The van der Waals surface area contributed by atoms with Crippen molar-refractivity contribution in [2.75, 3.05) is 5.32 Å². The van der Waals surface area contributed by atoms with Crippen LogP contribution in [0.5, 0.6) is 0 Å². The Morgan fingerprint density at radius 2 is 2.06 bits per heavy atom. The molecule has 0 bridgehead atoms. The second-order valence-corrected chi connectivity index (χ2v) is 4.12. The Morgan fingerprint density at radius 1 is 1.28 bits per heavy atom. The average molecular weight is 246 g/mol. The lowest BCUT2D eigenvalue weighted by Crippen LogP contribution is -2.01. The summed E-state index contributed by atoms with van der Waals surface area (Å²) in [4.78, 5) is 10.3. The van der Waals surface area contributed by atoms with Gasteiger partial charge < -0.3 is 9.73 Å². The largest absolute Gasteiger partial charge is 0.465 e. The molecular formula is C13H14N2O3. The molecule has 1 N–H and O–H groups in total. The number of nitro benzene ring substituents is 1. The molecule has 5 nitrogen and oxygen atoms in total. The zero-order valence-electron chi connectivity index (χ0n) is 10.3. The molecule has 94 valence electrons. The normalized spacial score (nSPS) is 10.3. The average Bonchev–Trinajstić information content (AvgIpc) is 2.74. The molecule has 0 unspecified atom stereocenters. The van der Waals surface area contributed by atoms with Gasteiger partial charge in [0.05, 0.1) is 11.5 Å². The highest BCUT2D eigenvalue weighted by Gasteiger charge is 2.08. The van der Waals surface area contributed by atoms with Crippen molar-refractivity contribution in [2.45, 2.75) is 20.4 Å². The monoisotopic (exact) mass is 246 g/mol. The first-order chi connectivity index (χ1) is 8.56. The van der Waals surface area contributed by atoms with Crippen molar-refractivity contribution in [3.05, 3.63) is 57.5 Å². The fourth-order valence-corrected chi connectivity index (χ4v) is 1.68. The summed E-state index contributed by atoms with van der Waals surface area (Å²) < 4.78 is 5.43. The van der Waals surface area contributed by atoms with Crippen molar-refractivity contribution in [2.24, 2.45) is 0 Å². The van der Waals surface area contributed by atoms with E-state index in [-0.39, 0.29) is 5.69 Å². The molecule has 2 rings (SSSR count). The number of rotatable bonds is 4. The topological polar surface area (TPSA) is 68.3 Å². The Labute approximate surface area is 105 Å². The van der Waals surface area contributed by atoms with Gasteiger partial charge in [-0.1, -0.05) is 6.07 Å².